The van der Waals surface area contributed by atoms with Gasteiger partial charge in [-0.1, -0.05) is 12.2 Å². The summed E-state index contributed by atoms with van der Waals surface area (Å²) in [5.74, 6) is 0. The maximum absolute atomic E-state index is 5.51. The van der Waals surface area contributed by atoms with Crippen LogP contribution in [0.2, 0.25) is 0 Å². The van der Waals surface area contributed by atoms with E-state index in [4.69, 9.17) is 17.0 Å². The lowest BCUT2D eigenvalue weighted by Gasteiger charge is -2.23. The number of nitrogens with one attached hydrogen (secondary N) is 1. The lowest BCUT2D eigenvalue weighted by molar-refractivity contribution is 0.103. The van der Waals surface area contributed by atoms with Gasteiger partial charge in [-0.3, -0.25) is 0 Å². The lowest BCUT2D eigenvalue weighted by Crippen LogP contribution is -2.31. The van der Waals surface area contributed by atoms with Crippen molar-refractivity contribution >= 4 is 17.4 Å². The normalized spacial score (nSPS) is 19.5. The fourth-order valence-corrected chi connectivity index (χ4v) is 1.59. The summed E-state index contributed by atoms with van der Waals surface area (Å²) in [5.41, 5.74) is -0.222. The van der Waals surface area contributed by atoms with Crippen LogP contribution < -0.4 is 5.32 Å². The van der Waals surface area contributed by atoms with Crippen molar-refractivity contribution in [2.45, 2.75) is 18.4 Å². The van der Waals surface area contributed by atoms with E-state index in [0.717, 1.165) is 19.4 Å². The topological polar surface area (TPSA) is 21.3 Å². The van der Waals surface area contributed by atoms with Crippen molar-refractivity contribution < 1.29 is 4.74 Å². The quantitative estimate of drug-likeness (QED) is 0.530. The molecule has 1 fully saturated rings. The summed E-state index contributed by atoms with van der Waals surface area (Å²) in [6, 6.07) is 0. The van der Waals surface area contributed by atoms with Crippen molar-refractivity contribution in [3.05, 3.63) is 25.3 Å². The molecule has 0 aliphatic carbocycles. The van der Waals surface area contributed by atoms with Crippen molar-refractivity contribution in [1.82, 2.24) is 5.32 Å². The Morgan fingerprint density at radius 2 is 2.08 bits per heavy atom. The lowest BCUT2D eigenvalue weighted by atomic mass is 9.96. The van der Waals surface area contributed by atoms with Gasteiger partial charge in [0.25, 0.3) is 5.17 Å². The first-order valence-corrected chi connectivity index (χ1v) is 4.32. The number of rotatable bonds is 4. The average molecular weight is 183 g/mol. The Labute approximate surface area is 78.3 Å². The Morgan fingerprint density at radius 3 is 2.42 bits per heavy atom. The highest BCUT2D eigenvalue weighted by atomic mass is 32.1. The van der Waals surface area contributed by atoms with E-state index in [1.54, 1.807) is 0 Å². The smallest absolute Gasteiger partial charge is 0.257 e. The molecule has 0 saturated carbocycles. The van der Waals surface area contributed by atoms with Crippen molar-refractivity contribution in [2.75, 3.05) is 6.54 Å². The molecular weight excluding hydrogens is 170 g/mol. The van der Waals surface area contributed by atoms with Crippen LogP contribution in [0.3, 0.4) is 0 Å². The van der Waals surface area contributed by atoms with Crippen LogP contribution in [0, 0.1) is 0 Å². The SMILES string of the molecule is C=CCC1(CC=C)CNC(=S)O1. The Balaban J connectivity index is 2.65. The zero-order valence-corrected chi connectivity index (χ0v) is 7.82. The Bertz CT molecular complexity index is 203. The minimum absolute atomic E-state index is 0.222. The predicted octanol–water partition coefficient (Wildman–Crippen LogP) is 1.78. The summed E-state index contributed by atoms with van der Waals surface area (Å²) < 4.78 is 5.51. The summed E-state index contributed by atoms with van der Waals surface area (Å²) in [4.78, 5) is 0. The Hall–Kier alpha value is -0.830. The number of hydrogen-bond donors (Lipinski definition) is 1. The Morgan fingerprint density at radius 1 is 1.50 bits per heavy atom. The molecule has 0 unspecified atom stereocenters. The van der Waals surface area contributed by atoms with E-state index in [-0.39, 0.29) is 5.60 Å². The highest BCUT2D eigenvalue weighted by molar-refractivity contribution is 7.80. The highest BCUT2D eigenvalue weighted by Gasteiger charge is 2.35. The first-order valence-electron chi connectivity index (χ1n) is 3.91. The molecule has 0 spiro atoms. The summed E-state index contributed by atoms with van der Waals surface area (Å²) in [5, 5.41) is 3.48. The van der Waals surface area contributed by atoms with Crippen molar-refractivity contribution in [2.24, 2.45) is 0 Å². The van der Waals surface area contributed by atoms with Crippen molar-refractivity contribution in [3.8, 4) is 0 Å². The predicted molar refractivity (Wildman–Crippen MR) is 54.0 cm³/mol. The molecule has 1 rings (SSSR count). The molecule has 0 aromatic rings. The van der Waals surface area contributed by atoms with E-state index < -0.39 is 0 Å². The van der Waals surface area contributed by atoms with Gasteiger partial charge in [-0.25, -0.2) is 0 Å². The molecule has 1 saturated heterocycles. The van der Waals surface area contributed by atoms with Gasteiger partial charge in [0.05, 0.1) is 6.54 Å². The molecule has 0 atom stereocenters. The van der Waals surface area contributed by atoms with Crippen LogP contribution in [-0.2, 0) is 4.74 Å². The maximum atomic E-state index is 5.51. The molecule has 0 radical (unpaired) electrons. The molecule has 0 bridgehead atoms. The first-order chi connectivity index (χ1) is 5.72. The van der Waals surface area contributed by atoms with Crippen LogP contribution in [0.4, 0.5) is 0 Å². The zero-order chi connectivity index (χ0) is 9.03. The second-order valence-electron chi connectivity index (χ2n) is 2.91. The highest BCUT2D eigenvalue weighted by Crippen LogP contribution is 2.25. The monoisotopic (exact) mass is 183 g/mol. The van der Waals surface area contributed by atoms with E-state index in [1.807, 2.05) is 12.2 Å². The molecule has 3 heteroatoms. The molecule has 1 aliphatic heterocycles. The Kier molecular flexibility index (Phi) is 2.87. The third kappa shape index (κ3) is 1.85. The van der Waals surface area contributed by atoms with Crippen LogP contribution in [0.1, 0.15) is 12.8 Å². The molecule has 66 valence electrons. The van der Waals surface area contributed by atoms with E-state index in [2.05, 4.69) is 18.5 Å². The average Bonchev–Trinajstić information content (AvgIpc) is 2.34. The summed E-state index contributed by atoms with van der Waals surface area (Å²) in [6.07, 6.45) is 5.29. The molecule has 0 amide bonds. The van der Waals surface area contributed by atoms with Crippen LogP contribution in [0.5, 0.6) is 0 Å². The molecule has 1 N–H and O–H groups in total. The van der Waals surface area contributed by atoms with Gasteiger partial charge >= 0.3 is 0 Å². The summed E-state index contributed by atoms with van der Waals surface area (Å²) in [6.45, 7) is 8.14. The van der Waals surface area contributed by atoms with Gasteiger partial charge in [-0.2, -0.15) is 0 Å². The zero-order valence-electron chi connectivity index (χ0n) is 7.01. The van der Waals surface area contributed by atoms with Gasteiger partial charge in [0, 0.05) is 12.8 Å². The number of ether oxygens (including phenoxy) is 1. The molecule has 2 nitrogen and oxygen atoms in total. The van der Waals surface area contributed by atoms with Crippen LogP contribution in [0.15, 0.2) is 25.3 Å². The molecule has 0 aromatic heterocycles. The van der Waals surface area contributed by atoms with Gasteiger partial charge in [0.1, 0.15) is 5.60 Å². The van der Waals surface area contributed by atoms with Gasteiger partial charge in [0.2, 0.25) is 0 Å². The fourth-order valence-electron chi connectivity index (χ4n) is 1.34. The van der Waals surface area contributed by atoms with Crippen molar-refractivity contribution in [1.29, 1.82) is 0 Å². The number of hydrogen-bond acceptors (Lipinski definition) is 2. The minimum atomic E-state index is -0.222. The van der Waals surface area contributed by atoms with Crippen LogP contribution in [-0.4, -0.2) is 17.3 Å². The second-order valence-corrected chi connectivity index (χ2v) is 3.28. The summed E-state index contributed by atoms with van der Waals surface area (Å²) in [7, 11) is 0. The maximum Gasteiger partial charge on any atom is 0.257 e. The molecule has 1 heterocycles. The van der Waals surface area contributed by atoms with Crippen molar-refractivity contribution in [3.63, 3.8) is 0 Å². The summed E-state index contributed by atoms with van der Waals surface area (Å²) >= 11 is 4.89. The third-order valence-corrected chi connectivity index (χ3v) is 2.12. The van der Waals surface area contributed by atoms with Gasteiger partial charge in [-0.15, -0.1) is 13.2 Å². The molecule has 0 aromatic carbocycles. The van der Waals surface area contributed by atoms with E-state index in [9.17, 15) is 0 Å². The number of thiocarbonyl (C=S) groups is 1. The van der Waals surface area contributed by atoms with Gasteiger partial charge in [0.15, 0.2) is 0 Å². The van der Waals surface area contributed by atoms with E-state index in [0.29, 0.717) is 5.17 Å². The van der Waals surface area contributed by atoms with Gasteiger partial charge in [-0.05, 0) is 12.2 Å². The van der Waals surface area contributed by atoms with E-state index in [1.165, 1.54) is 0 Å². The van der Waals surface area contributed by atoms with Crippen LogP contribution in [0.25, 0.3) is 0 Å². The molecule has 12 heavy (non-hydrogen) atoms. The first kappa shape index (κ1) is 9.26. The third-order valence-electron chi connectivity index (χ3n) is 1.90. The van der Waals surface area contributed by atoms with Gasteiger partial charge < -0.3 is 10.1 Å². The second kappa shape index (κ2) is 3.72. The standard InChI is InChI=1S/C9H13NOS/c1-3-5-9(6-4-2)7-10-8(12)11-9/h3-4H,1-2,5-7H2,(H,10,12). The van der Waals surface area contributed by atoms with E-state index >= 15 is 0 Å². The molecular formula is C9H13NOS. The fraction of sp³-hybridized carbons (Fsp3) is 0.444. The minimum Gasteiger partial charge on any atom is -0.462 e. The molecule has 1 aliphatic rings. The van der Waals surface area contributed by atoms with Crippen LogP contribution >= 0.6 is 12.2 Å². The largest absolute Gasteiger partial charge is 0.462 e.